The fourth-order valence-electron chi connectivity index (χ4n) is 3.07. The summed E-state index contributed by atoms with van der Waals surface area (Å²) in [6.07, 6.45) is 0.0367. The van der Waals surface area contributed by atoms with Gasteiger partial charge in [0.15, 0.2) is 0 Å². The maximum Gasteiger partial charge on any atom is 0.272 e. The number of hydrogen-bond donors (Lipinski definition) is 1. The van der Waals surface area contributed by atoms with Crippen molar-refractivity contribution in [2.24, 2.45) is 0 Å². The van der Waals surface area contributed by atoms with E-state index < -0.39 is 6.10 Å². The molecule has 24 heavy (non-hydrogen) atoms. The first-order chi connectivity index (χ1) is 11.6. The molecule has 1 aromatic heterocycles. The Morgan fingerprint density at radius 2 is 2.33 bits per heavy atom. The lowest BCUT2D eigenvalue weighted by Gasteiger charge is -2.38. The molecule has 0 spiro atoms. The molecule has 0 bridgehead atoms. The van der Waals surface area contributed by atoms with Gasteiger partial charge in [0, 0.05) is 35.2 Å². The van der Waals surface area contributed by atoms with E-state index in [9.17, 15) is 15.2 Å². The Morgan fingerprint density at radius 3 is 3.00 bits per heavy atom. The lowest BCUT2D eigenvalue weighted by atomic mass is 10.0. The highest BCUT2D eigenvalue weighted by molar-refractivity contribution is 7.10. The van der Waals surface area contributed by atoms with Gasteiger partial charge in [-0.05, 0) is 30.5 Å². The van der Waals surface area contributed by atoms with Gasteiger partial charge in [-0.15, -0.1) is 11.3 Å². The standard InChI is InChI=1S/C17H20N2O4S/c1-12-9-13(4-5-15(12)19(21)22)18-6-7-23-11-14(18)10-16(20)17-3-2-8-24-17/h2-5,8-9,14,16,20H,6-7,10-11H2,1H3. The second-order valence-corrected chi connectivity index (χ2v) is 6.90. The third kappa shape index (κ3) is 3.58. The van der Waals surface area contributed by atoms with Crippen molar-refractivity contribution in [3.63, 3.8) is 0 Å². The van der Waals surface area contributed by atoms with Gasteiger partial charge >= 0.3 is 0 Å². The van der Waals surface area contributed by atoms with Crippen molar-refractivity contribution >= 4 is 22.7 Å². The molecule has 1 aromatic carbocycles. The second-order valence-electron chi connectivity index (χ2n) is 5.92. The Labute approximate surface area is 144 Å². The van der Waals surface area contributed by atoms with E-state index in [-0.39, 0.29) is 16.7 Å². The fourth-order valence-corrected chi connectivity index (χ4v) is 3.79. The zero-order valence-electron chi connectivity index (χ0n) is 13.4. The summed E-state index contributed by atoms with van der Waals surface area (Å²) in [4.78, 5) is 13.7. The van der Waals surface area contributed by atoms with Crippen molar-refractivity contribution in [3.05, 3.63) is 56.3 Å². The summed E-state index contributed by atoms with van der Waals surface area (Å²) in [5.74, 6) is 0. The van der Waals surface area contributed by atoms with E-state index in [1.165, 1.54) is 11.3 Å². The number of rotatable bonds is 5. The van der Waals surface area contributed by atoms with Gasteiger partial charge in [-0.1, -0.05) is 6.07 Å². The molecule has 0 radical (unpaired) electrons. The van der Waals surface area contributed by atoms with Crippen LogP contribution in [0.3, 0.4) is 0 Å². The lowest BCUT2D eigenvalue weighted by Crippen LogP contribution is -2.46. The minimum Gasteiger partial charge on any atom is -0.387 e. The van der Waals surface area contributed by atoms with Crippen LogP contribution in [0.1, 0.15) is 23.0 Å². The van der Waals surface area contributed by atoms with Gasteiger partial charge in [-0.25, -0.2) is 0 Å². The number of nitro benzene ring substituents is 1. The molecule has 1 aliphatic heterocycles. The van der Waals surface area contributed by atoms with E-state index in [1.54, 1.807) is 19.1 Å². The van der Waals surface area contributed by atoms with Crippen LogP contribution in [0.25, 0.3) is 0 Å². The number of hydrogen-bond acceptors (Lipinski definition) is 6. The summed E-state index contributed by atoms with van der Waals surface area (Å²) in [5.41, 5.74) is 1.70. The third-order valence-corrected chi connectivity index (χ3v) is 5.28. The average molecular weight is 348 g/mol. The zero-order valence-corrected chi connectivity index (χ0v) is 14.2. The number of nitro groups is 1. The number of aliphatic hydroxyl groups is 1. The van der Waals surface area contributed by atoms with Crippen molar-refractivity contribution in [1.29, 1.82) is 0 Å². The van der Waals surface area contributed by atoms with E-state index in [0.29, 0.717) is 31.7 Å². The van der Waals surface area contributed by atoms with E-state index in [1.807, 2.05) is 23.6 Å². The Morgan fingerprint density at radius 1 is 1.50 bits per heavy atom. The number of nitrogens with zero attached hydrogens (tertiary/aromatic N) is 2. The molecule has 128 valence electrons. The second kappa shape index (κ2) is 7.29. The Bertz CT molecular complexity index is 705. The van der Waals surface area contributed by atoms with Gasteiger partial charge in [0.2, 0.25) is 0 Å². The van der Waals surface area contributed by atoms with Gasteiger partial charge in [-0.2, -0.15) is 0 Å². The summed E-state index contributed by atoms with van der Waals surface area (Å²) in [6, 6.07) is 9.07. The van der Waals surface area contributed by atoms with E-state index in [4.69, 9.17) is 4.74 Å². The van der Waals surface area contributed by atoms with Crippen LogP contribution < -0.4 is 4.90 Å². The molecule has 2 atom stereocenters. The van der Waals surface area contributed by atoms with Crippen LogP contribution in [0.5, 0.6) is 0 Å². The van der Waals surface area contributed by atoms with Crippen LogP contribution in [-0.4, -0.2) is 35.8 Å². The molecule has 2 unspecified atom stereocenters. The summed E-state index contributed by atoms with van der Waals surface area (Å²) in [7, 11) is 0. The minimum absolute atomic E-state index is 0.0386. The summed E-state index contributed by atoms with van der Waals surface area (Å²) in [6.45, 7) is 3.61. The smallest absolute Gasteiger partial charge is 0.272 e. The van der Waals surface area contributed by atoms with E-state index in [2.05, 4.69) is 4.90 Å². The fraction of sp³-hybridized carbons (Fsp3) is 0.412. The maximum atomic E-state index is 11.0. The van der Waals surface area contributed by atoms with Gasteiger partial charge in [0.05, 0.1) is 30.3 Å². The quantitative estimate of drug-likeness (QED) is 0.663. The predicted molar refractivity (Wildman–Crippen MR) is 93.7 cm³/mol. The lowest BCUT2D eigenvalue weighted by molar-refractivity contribution is -0.385. The number of thiophene rings is 1. The molecule has 1 N–H and O–H groups in total. The van der Waals surface area contributed by atoms with Crippen molar-refractivity contribution in [1.82, 2.24) is 0 Å². The summed E-state index contributed by atoms with van der Waals surface area (Å²) >= 11 is 1.54. The molecule has 7 heteroatoms. The maximum absolute atomic E-state index is 11.0. The molecular weight excluding hydrogens is 328 g/mol. The van der Waals surface area contributed by atoms with Gasteiger partial charge in [0.25, 0.3) is 5.69 Å². The molecule has 0 amide bonds. The highest BCUT2D eigenvalue weighted by atomic mass is 32.1. The van der Waals surface area contributed by atoms with Crippen LogP contribution >= 0.6 is 11.3 Å². The Hall–Kier alpha value is -1.96. The molecule has 2 heterocycles. The van der Waals surface area contributed by atoms with E-state index in [0.717, 1.165) is 10.6 Å². The molecule has 6 nitrogen and oxygen atoms in total. The number of benzene rings is 1. The number of morpholine rings is 1. The summed E-state index contributed by atoms with van der Waals surface area (Å²) < 4.78 is 5.59. The normalized spacial score (nSPS) is 19.2. The van der Waals surface area contributed by atoms with Crippen LogP contribution in [0, 0.1) is 17.0 Å². The van der Waals surface area contributed by atoms with Crippen molar-refractivity contribution in [2.75, 3.05) is 24.7 Å². The van der Waals surface area contributed by atoms with E-state index >= 15 is 0 Å². The SMILES string of the molecule is Cc1cc(N2CCOCC2CC(O)c2cccs2)ccc1[N+](=O)[O-]. The van der Waals surface area contributed by atoms with Gasteiger partial charge < -0.3 is 14.7 Å². The molecule has 1 saturated heterocycles. The molecule has 2 aromatic rings. The molecule has 0 aliphatic carbocycles. The Balaban J connectivity index is 1.79. The highest BCUT2D eigenvalue weighted by Gasteiger charge is 2.27. The van der Waals surface area contributed by atoms with Crippen molar-refractivity contribution in [3.8, 4) is 0 Å². The number of anilines is 1. The highest BCUT2D eigenvalue weighted by Crippen LogP contribution is 2.31. The number of aryl methyl sites for hydroxylation is 1. The summed E-state index contributed by atoms with van der Waals surface area (Å²) in [5, 5.41) is 23.4. The van der Waals surface area contributed by atoms with Crippen LogP contribution in [-0.2, 0) is 4.74 Å². The predicted octanol–water partition coefficient (Wildman–Crippen LogP) is 3.29. The molecule has 0 saturated carbocycles. The molecule has 1 aliphatic rings. The Kier molecular flexibility index (Phi) is 5.13. The zero-order chi connectivity index (χ0) is 17.1. The monoisotopic (exact) mass is 348 g/mol. The molecular formula is C17H20N2O4S. The van der Waals surface area contributed by atoms with Gasteiger partial charge in [-0.3, -0.25) is 10.1 Å². The van der Waals surface area contributed by atoms with Crippen LogP contribution in [0.2, 0.25) is 0 Å². The average Bonchev–Trinajstić information content (AvgIpc) is 3.09. The topological polar surface area (TPSA) is 75.8 Å². The molecule has 3 rings (SSSR count). The largest absolute Gasteiger partial charge is 0.387 e. The third-order valence-electron chi connectivity index (χ3n) is 4.30. The number of ether oxygens (including phenoxy) is 1. The minimum atomic E-state index is -0.529. The first-order valence-electron chi connectivity index (χ1n) is 7.87. The van der Waals surface area contributed by atoms with Crippen molar-refractivity contribution < 1.29 is 14.8 Å². The number of aliphatic hydroxyl groups excluding tert-OH is 1. The first-order valence-corrected chi connectivity index (χ1v) is 8.75. The van der Waals surface area contributed by atoms with Gasteiger partial charge in [0.1, 0.15) is 0 Å². The van der Waals surface area contributed by atoms with Crippen LogP contribution in [0.4, 0.5) is 11.4 Å². The van der Waals surface area contributed by atoms with Crippen molar-refractivity contribution in [2.45, 2.75) is 25.5 Å². The first kappa shape index (κ1) is 16.9. The molecule has 1 fully saturated rings. The van der Waals surface area contributed by atoms with Crippen LogP contribution in [0.15, 0.2) is 35.7 Å².